The van der Waals surface area contributed by atoms with Crippen molar-refractivity contribution in [2.75, 3.05) is 11.2 Å². The van der Waals surface area contributed by atoms with E-state index in [2.05, 4.69) is 21.0 Å². The Hall–Kier alpha value is -2.70. The van der Waals surface area contributed by atoms with Crippen LogP contribution in [0.15, 0.2) is 48.5 Å². The highest BCUT2D eigenvalue weighted by Gasteiger charge is 2.20. The molecule has 0 aliphatic heterocycles. The van der Waals surface area contributed by atoms with E-state index in [0.29, 0.717) is 11.4 Å². The molecule has 5 N–H and O–H groups in total. The molecule has 3 aromatic rings. The lowest BCUT2D eigenvalue weighted by Crippen LogP contribution is -2.30. The number of amides is 1. The molecule has 26 heavy (non-hydrogen) atoms. The van der Waals surface area contributed by atoms with Crippen molar-refractivity contribution in [1.29, 1.82) is 0 Å². The number of nitrogens with zero attached hydrogens (tertiary/aromatic N) is 1. The number of hydrogen-bond donors (Lipinski definition) is 4. The quantitative estimate of drug-likeness (QED) is 0.505. The maximum atomic E-state index is 12.5. The van der Waals surface area contributed by atoms with Crippen molar-refractivity contribution >= 4 is 42.2 Å². The van der Waals surface area contributed by atoms with Gasteiger partial charge in [-0.25, -0.2) is 0 Å². The number of nitrogen functional groups attached to an aromatic ring is 1. The predicted octanol–water partition coefficient (Wildman–Crippen LogP) is 3.88. The van der Waals surface area contributed by atoms with Gasteiger partial charge in [-0.1, -0.05) is 42.5 Å². The van der Waals surface area contributed by atoms with Gasteiger partial charge in [0, 0.05) is 0 Å². The topological polar surface area (TPSA) is 95.8 Å². The molecule has 1 amide bonds. The number of carbonyl (C=O) groups excluding carboxylic acids is 1. The van der Waals surface area contributed by atoms with Crippen LogP contribution in [0.5, 0.6) is 0 Å². The van der Waals surface area contributed by atoms with Gasteiger partial charge in [0.05, 0.1) is 11.3 Å². The first-order chi connectivity index (χ1) is 11.6. The van der Waals surface area contributed by atoms with Gasteiger partial charge in [0.2, 0.25) is 0 Å². The van der Waals surface area contributed by atoms with Gasteiger partial charge in [-0.15, -0.1) is 24.8 Å². The second kappa shape index (κ2) is 9.12. The first-order valence-corrected chi connectivity index (χ1v) is 7.59. The summed E-state index contributed by atoms with van der Waals surface area (Å²) in [5.74, 6) is 0.00907. The van der Waals surface area contributed by atoms with Crippen molar-refractivity contribution in [3.05, 3.63) is 65.4 Å². The Kier molecular flexibility index (Phi) is 7.49. The molecule has 0 aliphatic carbocycles. The zero-order valence-corrected chi connectivity index (χ0v) is 16.0. The van der Waals surface area contributed by atoms with Crippen molar-refractivity contribution in [3.8, 4) is 11.1 Å². The van der Waals surface area contributed by atoms with E-state index in [9.17, 15) is 4.79 Å². The first kappa shape index (κ1) is 21.3. The molecule has 0 unspecified atom stereocenters. The highest BCUT2D eigenvalue weighted by atomic mass is 35.5. The van der Waals surface area contributed by atoms with Crippen molar-refractivity contribution in [2.45, 2.75) is 13.8 Å². The standard InChI is InChI=1S/C18H19N5O.2ClH/c1-11-7-3-5-9-13(11)15-16(21-22-17(15)19)18(24)23-20-14-10-6-4-8-12(14)2;;/h3-10,20H,1-2H3,(H,23,24)(H3,19,21,22);2*1H. The van der Waals surface area contributed by atoms with Gasteiger partial charge in [-0.05, 0) is 36.6 Å². The average molecular weight is 394 g/mol. The van der Waals surface area contributed by atoms with Crippen molar-refractivity contribution in [2.24, 2.45) is 0 Å². The third-order valence-corrected chi connectivity index (χ3v) is 3.88. The summed E-state index contributed by atoms with van der Waals surface area (Å²) < 4.78 is 0. The maximum absolute atomic E-state index is 12.5. The maximum Gasteiger partial charge on any atom is 0.290 e. The number of anilines is 2. The van der Waals surface area contributed by atoms with Gasteiger partial charge in [-0.3, -0.25) is 20.7 Å². The number of aromatic amines is 1. The number of nitrogens with two attached hydrogens (primary N) is 1. The molecule has 0 radical (unpaired) electrons. The van der Waals surface area contributed by atoms with Gasteiger partial charge in [0.1, 0.15) is 5.82 Å². The van der Waals surface area contributed by atoms with E-state index in [1.54, 1.807) is 0 Å². The fourth-order valence-electron chi connectivity index (χ4n) is 2.54. The van der Waals surface area contributed by atoms with Crippen LogP contribution < -0.4 is 16.6 Å². The molecule has 0 atom stereocenters. The molecule has 2 aromatic carbocycles. The SMILES string of the molecule is Cc1ccccc1NNC(=O)c1n[nH]c(N)c1-c1ccccc1C.Cl.Cl. The van der Waals surface area contributed by atoms with Crippen LogP contribution in [0.4, 0.5) is 11.5 Å². The lowest BCUT2D eigenvalue weighted by atomic mass is 10.00. The largest absolute Gasteiger partial charge is 0.384 e. The van der Waals surface area contributed by atoms with E-state index in [1.165, 1.54) is 0 Å². The average Bonchev–Trinajstić information content (AvgIpc) is 2.96. The van der Waals surface area contributed by atoms with Gasteiger partial charge >= 0.3 is 0 Å². The Morgan fingerprint density at radius 1 is 1.00 bits per heavy atom. The minimum absolute atomic E-state index is 0. The lowest BCUT2D eigenvalue weighted by Gasteiger charge is -2.11. The lowest BCUT2D eigenvalue weighted by molar-refractivity contribution is 0.0958. The molecular formula is C18H21Cl2N5O. The summed E-state index contributed by atoms with van der Waals surface area (Å²) in [6.07, 6.45) is 0. The molecule has 3 rings (SSSR count). The number of hydrogen-bond acceptors (Lipinski definition) is 4. The molecule has 6 nitrogen and oxygen atoms in total. The number of aryl methyl sites for hydroxylation is 2. The number of para-hydroxylation sites is 1. The van der Waals surface area contributed by atoms with E-state index >= 15 is 0 Å². The number of rotatable bonds is 4. The highest BCUT2D eigenvalue weighted by molar-refractivity contribution is 6.02. The van der Waals surface area contributed by atoms with Gasteiger partial charge in [-0.2, -0.15) is 5.10 Å². The first-order valence-electron chi connectivity index (χ1n) is 7.59. The number of aromatic nitrogens is 2. The van der Waals surface area contributed by atoms with Gasteiger partial charge in [0.25, 0.3) is 5.91 Å². The van der Waals surface area contributed by atoms with Crippen LogP contribution >= 0.6 is 24.8 Å². The van der Waals surface area contributed by atoms with Crippen LogP contribution in [-0.4, -0.2) is 16.1 Å². The smallest absolute Gasteiger partial charge is 0.290 e. The number of halogens is 2. The highest BCUT2D eigenvalue weighted by Crippen LogP contribution is 2.30. The number of H-pyrrole nitrogens is 1. The molecular weight excluding hydrogens is 373 g/mol. The Morgan fingerprint density at radius 2 is 1.62 bits per heavy atom. The fraction of sp³-hybridized carbons (Fsp3) is 0.111. The van der Waals surface area contributed by atoms with Crippen molar-refractivity contribution in [3.63, 3.8) is 0 Å². The van der Waals surface area contributed by atoms with Gasteiger partial charge in [0.15, 0.2) is 5.69 Å². The number of hydrazine groups is 1. The normalized spacial score (nSPS) is 9.62. The number of carbonyl (C=O) groups is 1. The predicted molar refractivity (Wildman–Crippen MR) is 110 cm³/mol. The van der Waals surface area contributed by atoms with Crippen LogP contribution in [0.1, 0.15) is 21.6 Å². The summed E-state index contributed by atoms with van der Waals surface area (Å²) in [6, 6.07) is 15.4. The molecule has 1 heterocycles. The zero-order chi connectivity index (χ0) is 17.1. The van der Waals surface area contributed by atoms with Crippen LogP contribution in [0.25, 0.3) is 11.1 Å². The monoisotopic (exact) mass is 393 g/mol. The molecule has 0 fully saturated rings. The fourth-order valence-corrected chi connectivity index (χ4v) is 2.54. The van der Waals surface area contributed by atoms with Crippen LogP contribution in [-0.2, 0) is 0 Å². The Labute approximate surface area is 164 Å². The summed E-state index contributed by atoms with van der Waals surface area (Å²) in [5, 5.41) is 6.76. The van der Waals surface area contributed by atoms with E-state index < -0.39 is 0 Å². The van der Waals surface area contributed by atoms with Crippen molar-refractivity contribution < 1.29 is 4.79 Å². The molecule has 0 saturated carbocycles. The third-order valence-electron chi connectivity index (χ3n) is 3.88. The van der Waals surface area contributed by atoms with Crippen LogP contribution in [0.3, 0.4) is 0 Å². The summed E-state index contributed by atoms with van der Waals surface area (Å²) >= 11 is 0. The second-order valence-corrected chi connectivity index (χ2v) is 5.57. The van der Waals surface area contributed by atoms with Crippen LogP contribution in [0.2, 0.25) is 0 Å². The molecule has 0 aliphatic rings. The number of benzene rings is 2. The zero-order valence-electron chi connectivity index (χ0n) is 14.4. The van der Waals surface area contributed by atoms with E-state index in [4.69, 9.17) is 5.73 Å². The molecule has 1 aromatic heterocycles. The molecule has 0 spiro atoms. The minimum atomic E-state index is -0.357. The third kappa shape index (κ3) is 4.28. The molecule has 0 saturated heterocycles. The second-order valence-electron chi connectivity index (χ2n) is 5.57. The minimum Gasteiger partial charge on any atom is -0.384 e. The van der Waals surface area contributed by atoms with E-state index in [-0.39, 0.29) is 36.4 Å². The molecule has 138 valence electrons. The number of nitrogens with one attached hydrogen (secondary N) is 3. The molecule has 0 bridgehead atoms. The van der Waals surface area contributed by atoms with Crippen molar-refractivity contribution in [1.82, 2.24) is 15.6 Å². The Balaban J connectivity index is 0.00000169. The van der Waals surface area contributed by atoms with E-state index in [1.807, 2.05) is 62.4 Å². The summed E-state index contributed by atoms with van der Waals surface area (Å²) in [6.45, 7) is 3.93. The molecule has 8 heteroatoms. The summed E-state index contributed by atoms with van der Waals surface area (Å²) in [5.41, 5.74) is 16.2. The summed E-state index contributed by atoms with van der Waals surface area (Å²) in [7, 11) is 0. The van der Waals surface area contributed by atoms with E-state index in [0.717, 1.165) is 22.4 Å². The Bertz CT molecular complexity index is 895. The Morgan fingerprint density at radius 3 is 2.27 bits per heavy atom. The van der Waals surface area contributed by atoms with Crippen LogP contribution in [0, 0.1) is 13.8 Å². The van der Waals surface area contributed by atoms with Gasteiger partial charge < -0.3 is 5.73 Å². The summed E-state index contributed by atoms with van der Waals surface area (Å²) in [4.78, 5) is 12.5.